The first-order valence-electron chi connectivity index (χ1n) is 9.63. The lowest BCUT2D eigenvalue weighted by atomic mass is 10.0. The Morgan fingerprint density at radius 2 is 1.46 bits per heavy atom. The van der Waals surface area contributed by atoms with Crippen LogP contribution in [0.4, 0.5) is 5.69 Å². The number of hydrogen-bond acceptors (Lipinski definition) is 5. The molecule has 2 aromatic carbocycles. The number of aryl methyl sites for hydroxylation is 2. The second kappa shape index (κ2) is 9.85. The van der Waals surface area contributed by atoms with Crippen LogP contribution in [0.1, 0.15) is 16.7 Å². The van der Waals surface area contributed by atoms with Crippen LogP contribution in [0.3, 0.4) is 0 Å². The maximum absolute atomic E-state index is 11.6. The molecule has 0 atom stereocenters. The van der Waals surface area contributed by atoms with E-state index in [1.165, 1.54) is 16.8 Å². The van der Waals surface area contributed by atoms with E-state index >= 15 is 0 Å². The molecule has 1 saturated heterocycles. The van der Waals surface area contributed by atoms with Crippen molar-refractivity contribution in [1.29, 1.82) is 0 Å². The van der Waals surface area contributed by atoms with E-state index in [0.717, 1.165) is 44.6 Å². The number of likely N-dealkylation sites (N-methyl/N-ethyl adjacent to an activating group) is 1. The third-order valence-corrected chi connectivity index (χ3v) is 5.13. The second-order valence-corrected chi connectivity index (χ2v) is 7.20. The first-order valence-corrected chi connectivity index (χ1v) is 9.63. The summed E-state index contributed by atoms with van der Waals surface area (Å²) < 4.78 is 0. The molecular formula is C21H28N6O. The highest BCUT2D eigenvalue weighted by Gasteiger charge is 2.13. The second-order valence-electron chi connectivity index (χ2n) is 7.20. The zero-order valence-electron chi connectivity index (χ0n) is 16.3. The van der Waals surface area contributed by atoms with E-state index in [-0.39, 0.29) is 12.3 Å². The Kier molecular flexibility index (Phi) is 6.97. The maximum Gasteiger partial charge on any atom is 0.245 e. The number of anilines is 1. The number of piperazine rings is 1. The van der Waals surface area contributed by atoms with Crippen molar-refractivity contribution in [2.75, 3.05) is 38.1 Å². The minimum Gasteiger partial charge on any atom is -0.369 e. The molecule has 0 aliphatic carbocycles. The van der Waals surface area contributed by atoms with Crippen molar-refractivity contribution in [3.8, 4) is 0 Å². The van der Waals surface area contributed by atoms with Crippen molar-refractivity contribution in [1.82, 2.24) is 10.3 Å². The molecule has 0 unspecified atom stereocenters. The number of hydrogen-bond donors (Lipinski definition) is 2. The third kappa shape index (κ3) is 5.79. The fourth-order valence-corrected chi connectivity index (χ4v) is 3.36. The summed E-state index contributed by atoms with van der Waals surface area (Å²) in [7, 11) is 2.18. The van der Waals surface area contributed by atoms with Crippen LogP contribution in [0.2, 0.25) is 0 Å². The van der Waals surface area contributed by atoms with Crippen molar-refractivity contribution in [2.24, 2.45) is 16.3 Å². The van der Waals surface area contributed by atoms with Gasteiger partial charge in [-0.15, -0.1) is 0 Å². The van der Waals surface area contributed by atoms with Gasteiger partial charge in [-0.1, -0.05) is 41.6 Å². The maximum atomic E-state index is 11.6. The van der Waals surface area contributed by atoms with E-state index in [1.807, 2.05) is 12.1 Å². The molecule has 3 N–H and O–H groups in total. The molecule has 0 radical (unpaired) electrons. The van der Waals surface area contributed by atoms with Gasteiger partial charge in [0.25, 0.3) is 0 Å². The molecule has 3 rings (SSSR count). The van der Waals surface area contributed by atoms with Gasteiger partial charge in [0, 0.05) is 31.9 Å². The van der Waals surface area contributed by atoms with E-state index in [4.69, 9.17) is 5.84 Å². The Bertz CT molecular complexity index is 780. The Hall–Kier alpha value is -2.93. The zero-order valence-corrected chi connectivity index (χ0v) is 16.3. The molecule has 148 valence electrons. The van der Waals surface area contributed by atoms with Crippen LogP contribution in [0.25, 0.3) is 0 Å². The van der Waals surface area contributed by atoms with Gasteiger partial charge in [-0.3, -0.25) is 4.79 Å². The first-order chi connectivity index (χ1) is 13.6. The van der Waals surface area contributed by atoms with Gasteiger partial charge < -0.3 is 15.6 Å². The van der Waals surface area contributed by atoms with E-state index in [9.17, 15) is 4.79 Å². The molecule has 1 amide bonds. The predicted octanol–water partition coefficient (Wildman–Crippen LogP) is 2.12. The van der Waals surface area contributed by atoms with Crippen LogP contribution in [0.15, 0.2) is 59.0 Å². The number of benzene rings is 2. The van der Waals surface area contributed by atoms with Crippen LogP contribution in [0.5, 0.6) is 0 Å². The molecule has 0 aromatic heterocycles. The lowest BCUT2D eigenvalue weighted by molar-refractivity contribution is -0.120. The molecule has 0 bridgehead atoms. The smallest absolute Gasteiger partial charge is 0.245 e. The number of nitrogens with two attached hydrogens (primary N) is 1. The quantitative estimate of drug-likeness (QED) is 0.438. The summed E-state index contributed by atoms with van der Waals surface area (Å²) in [6.07, 6.45) is 2.23. The molecule has 0 saturated carbocycles. The van der Waals surface area contributed by atoms with Gasteiger partial charge in [-0.2, -0.15) is 0 Å². The number of carbonyl (C=O) groups excluding carboxylic acids is 1. The highest BCUT2D eigenvalue weighted by Crippen LogP contribution is 2.18. The average molecular weight is 380 g/mol. The molecule has 28 heavy (non-hydrogen) atoms. The van der Waals surface area contributed by atoms with E-state index < -0.39 is 0 Å². The fourth-order valence-electron chi connectivity index (χ4n) is 3.36. The van der Waals surface area contributed by atoms with Gasteiger partial charge in [-0.05, 0) is 53.9 Å². The Morgan fingerprint density at radius 1 is 0.929 bits per heavy atom. The topological polar surface area (TPSA) is 86.3 Å². The van der Waals surface area contributed by atoms with Gasteiger partial charge in [0.15, 0.2) is 0 Å². The number of rotatable bonds is 7. The largest absolute Gasteiger partial charge is 0.369 e. The van der Waals surface area contributed by atoms with Gasteiger partial charge in [0.05, 0.1) is 6.42 Å². The molecule has 0 spiro atoms. The van der Waals surface area contributed by atoms with Crippen molar-refractivity contribution in [3.05, 3.63) is 65.2 Å². The number of carbonyl (C=O) groups is 1. The standard InChI is InChI=1S/C21H28N6O/c1-26-12-14-27(15-13-26)20-10-8-18(9-11-20)3-2-17-4-6-19(7-5-17)16-21(28)23-25-24-22/h4-11H,2-3,12-16H2,1H3,(H2,22,25)(H,23,24,28). The van der Waals surface area contributed by atoms with E-state index in [2.05, 4.69) is 69.1 Å². The molecule has 2 aromatic rings. The van der Waals surface area contributed by atoms with Crippen molar-refractivity contribution in [3.63, 3.8) is 0 Å². The molecule has 7 heteroatoms. The normalized spacial score (nSPS) is 15.1. The highest BCUT2D eigenvalue weighted by molar-refractivity contribution is 5.78. The molecular weight excluding hydrogens is 352 g/mol. The van der Waals surface area contributed by atoms with Crippen LogP contribution in [-0.4, -0.2) is 44.0 Å². The van der Waals surface area contributed by atoms with Crippen molar-refractivity contribution >= 4 is 11.6 Å². The summed E-state index contributed by atoms with van der Waals surface area (Å²) in [5.74, 6) is 4.63. The zero-order chi connectivity index (χ0) is 19.8. The van der Waals surface area contributed by atoms with Gasteiger partial charge in [0.1, 0.15) is 0 Å². The molecule has 7 nitrogen and oxygen atoms in total. The van der Waals surface area contributed by atoms with Crippen molar-refractivity contribution in [2.45, 2.75) is 19.3 Å². The van der Waals surface area contributed by atoms with Crippen LogP contribution in [-0.2, 0) is 24.1 Å². The molecule has 1 aliphatic rings. The van der Waals surface area contributed by atoms with Crippen LogP contribution >= 0.6 is 0 Å². The minimum absolute atomic E-state index is 0.234. The Morgan fingerprint density at radius 3 is 2.04 bits per heavy atom. The summed E-state index contributed by atoms with van der Waals surface area (Å²) >= 11 is 0. The molecule has 1 fully saturated rings. The van der Waals surface area contributed by atoms with E-state index in [0.29, 0.717) is 0 Å². The minimum atomic E-state index is -0.234. The number of amides is 1. The summed E-state index contributed by atoms with van der Waals surface area (Å²) in [5, 5.41) is 6.29. The number of nitrogens with zero attached hydrogens (tertiary/aromatic N) is 4. The van der Waals surface area contributed by atoms with Crippen molar-refractivity contribution < 1.29 is 4.79 Å². The lowest BCUT2D eigenvalue weighted by Gasteiger charge is -2.34. The predicted molar refractivity (Wildman–Crippen MR) is 111 cm³/mol. The van der Waals surface area contributed by atoms with Gasteiger partial charge in [0.2, 0.25) is 5.91 Å². The summed E-state index contributed by atoms with van der Waals surface area (Å²) in [4.78, 5) is 16.4. The SMILES string of the molecule is CN1CCN(c2ccc(CCc3ccc(CC(=O)NN=NN)cc3)cc2)CC1. The summed E-state index contributed by atoms with van der Waals surface area (Å²) in [5.41, 5.74) is 7.11. The summed E-state index contributed by atoms with van der Waals surface area (Å²) in [6, 6.07) is 17.0. The monoisotopic (exact) mass is 380 g/mol. The number of nitrogens with one attached hydrogen (secondary N) is 1. The lowest BCUT2D eigenvalue weighted by Crippen LogP contribution is -2.44. The molecule has 1 heterocycles. The van der Waals surface area contributed by atoms with Crippen LogP contribution in [0, 0.1) is 0 Å². The third-order valence-electron chi connectivity index (χ3n) is 5.13. The van der Waals surface area contributed by atoms with Crippen LogP contribution < -0.4 is 16.2 Å². The molecule has 1 aliphatic heterocycles. The Balaban J connectivity index is 1.48. The highest BCUT2D eigenvalue weighted by atomic mass is 16.2. The first kappa shape index (κ1) is 19.8. The van der Waals surface area contributed by atoms with Gasteiger partial charge >= 0.3 is 0 Å². The average Bonchev–Trinajstić information content (AvgIpc) is 2.73. The summed E-state index contributed by atoms with van der Waals surface area (Å²) in [6.45, 7) is 4.43. The fraction of sp³-hybridized carbons (Fsp3) is 0.381. The van der Waals surface area contributed by atoms with E-state index in [1.54, 1.807) is 0 Å². The Labute approximate surface area is 166 Å². The van der Waals surface area contributed by atoms with Gasteiger partial charge in [-0.25, -0.2) is 5.43 Å².